The van der Waals surface area contributed by atoms with E-state index in [9.17, 15) is 9.59 Å². The van der Waals surface area contributed by atoms with E-state index in [2.05, 4.69) is 26.6 Å². The van der Waals surface area contributed by atoms with E-state index in [1.165, 1.54) is 6.07 Å². The summed E-state index contributed by atoms with van der Waals surface area (Å²) in [7, 11) is 1.58. The Morgan fingerprint density at radius 1 is 1.03 bits per heavy atom. The van der Waals surface area contributed by atoms with E-state index in [-0.39, 0.29) is 11.5 Å². The van der Waals surface area contributed by atoms with Crippen molar-refractivity contribution in [1.29, 1.82) is 0 Å². The van der Waals surface area contributed by atoms with Gasteiger partial charge in [-0.1, -0.05) is 42.5 Å². The Morgan fingerprint density at radius 2 is 1.76 bits per heavy atom. The molecule has 0 aliphatic rings. The van der Waals surface area contributed by atoms with Gasteiger partial charge in [0.15, 0.2) is 10.4 Å². The summed E-state index contributed by atoms with van der Waals surface area (Å²) in [6.45, 7) is 0.335. The fourth-order valence-electron chi connectivity index (χ4n) is 2.52. The number of ether oxygens (including phenoxy) is 1. The number of furan rings is 1. The number of carbonyl (C=O) groups is 2. The second-order valence-electron chi connectivity index (χ2n) is 6.06. The van der Waals surface area contributed by atoms with E-state index in [1.54, 1.807) is 43.5 Å². The second-order valence-corrected chi connectivity index (χ2v) is 6.84. The molecule has 2 aromatic carbocycles. The second kappa shape index (κ2) is 9.75. The van der Waals surface area contributed by atoms with Gasteiger partial charge in [-0.15, -0.1) is 0 Å². The van der Waals surface area contributed by atoms with Crippen LogP contribution in [0.5, 0.6) is 5.75 Å². The molecule has 0 bridgehead atoms. The van der Waals surface area contributed by atoms with Crippen molar-refractivity contribution in [1.82, 2.24) is 10.6 Å². The minimum atomic E-state index is -0.523. The fraction of sp³-hybridized carbons (Fsp3) is 0.0909. The highest BCUT2D eigenvalue weighted by atomic mass is 79.9. The van der Waals surface area contributed by atoms with E-state index in [1.807, 2.05) is 30.3 Å². The van der Waals surface area contributed by atoms with Crippen molar-refractivity contribution >= 4 is 33.8 Å². The van der Waals surface area contributed by atoms with Crippen LogP contribution in [0.25, 0.3) is 6.08 Å². The number of methoxy groups -OCH3 is 1. The number of nitrogens with one attached hydrogen (secondary N) is 2. The SMILES string of the molecule is COc1ccc(/C=C(/NC(=O)c2ccc(Br)o2)C(=O)NCc2ccccc2)cc1. The maximum absolute atomic E-state index is 12.8. The number of hydrogen-bond acceptors (Lipinski definition) is 4. The monoisotopic (exact) mass is 454 g/mol. The summed E-state index contributed by atoms with van der Waals surface area (Å²) in [6, 6.07) is 19.8. The van der Waals surface area contributed by atoms with Crippen LogP contribution in [0.1, 0.15) is 21.7 Å². The first-order valence-electron chi connectivity index (χ1n) is 8.80. The summed E-state index contributed by atoms with van der Waals surface area (Å²) >= 11 is 3.16. The van der Waals surface area contributed by atoms with Crippen LogP contribution in [0.2, 0.25) is 0 Å². The van der Waals surface area contributed by atoms with Gasteiger partial charge >= 0.3 is 0 Å². The molecule has 0 radical (unpaired) electrons. The number of rotatable bonds is 7. The molecule has 0 saturated carbocycles. The van der Waals surface area contributed by atoms with Gasteiger partial charge < -0.3 is 19.8 Å². The summed E-state index contributed by atoms with van der Waals surface area (Å²) in [5, 5.41) is 5.44. The lowest BCUT2D eigenvalue weighted by Gasteiger charge is -2.11. The van der Waals surface area contributed by atoms with Crippen LogP contribution in [-0.2, 0) is 11.3 Å². The molecule has 6 nitrogen and oxygen atoms in total. The van der Waals surface area contributed by atoms with Crippen LogP contribution >= 0.6 is 15.9 Å². The van der Waals surface area contributed by atoms with E-state index < -0.39 is 11.8 Å². The quantitative estimate of drug-likeness (QED) is 0.525. The van der Waals surface area contributed by atoms with Crippen molar-refractivity contribution in [2.75, 3.05) is 7.11 Å². The summed E-state index contributed by atoms with van der Waals surface area (Å²) < 4.78 is 10.8. The number of halogens is 1. The Kier molecular flexibility index (Phi) is 6.86. The lowest BCUT2D eigenvalue weighted by atomic mass is 10.1. The molecule has 0 saturated heterocycles. The normalized spacial score (nSPS) is 11.0. The molecule has 0 atom stereocenters. The largest absolute Gasteiger partial charge is 0.497 e. The number of amides is 2. The molecule has 3 aromatic rings. The molecule has 3 rings (SSSR count). The highest BCUT2D eigenvalue weighted by Gasteiger charge is 2.17. The first kappa shape index (κ1) is 20.4. The number of hydrogen-bond donors (Lipinski definition) is 2. The zero-order valence-corrected chi connectivity index (χ0v) is 17.2. The Balaban J connectivity index is 1.80. The van der Waals surface area contributed by atoms with Crippen molar-refractivity contribution in [2.24, 2.45) is 0 Å². The Hall–Kier alpha value is -3.32. The highest BCUT2D eigenvalue weighted by Crippen LogP contribution is 2.16. The molecule has 29 heavy (non-hydrogen) atoms. The smallest absolute Gasteiger partial charge is 0.291 e. The summed E-state index contributed by atoms with van der Waals surface area (Å²) in [4.78, 5) is 25.2. The molecular formula is C22H19BrN2O4. The Morgan fingerprint density at radius 3 is 2.38 bits per heavy atom. The van der Waals surface area contributed by atoms with Crippen LogP contribution in [0.3, 0.4) is 0 Å². The average molecular weight is 455 g/mol. The Labute approximate surface area is 176 Å². The Bertz CT molecular complexity index is 1010. The number of carbonyl (C=O) groups excluding carboxylic acids is 2. The van der Waals surface area contributed by atoms with Crippen molar-refractivity contribution < 1.29 is 18.7 Å². The van der Waals surface area contributed by atoms with Gasteiger partial charge in [-0.3, -0.25) is 9.59 Å². The molecule has 0 unspecified atom stereocenters. The van der Waals surface area contributed by atoms with Gasteiger partial charge in [0.2, 0.25) is 0 Å². The first-order chi connectivity index (χ1) is 14.0. The minimum Gasteiger partial charge on any atom is -0.497 e. The lowest BCUT2D eigenvalue weighted by Crippen LogP contribution is -2.34. The average Bonchev–Trinajstić information content (AvgIpc) is 3.19. The third-order valence-electron chi connectivity index (χ3n) is 4.01. The van der Waals surface area contributed by atoms with Crippen LogP contribution in [0, 0.1) is 0 Å². The van der Waals surface area contributed by atoms with Crippen LogP contribution < -0.4 is 15.4 Å². The van der Waals surface area contributed by atoms with Gasteiger partial charge in [-0.2, -0.15) is 0 Å². The van der Waals surface area contributed by atoms with Gasteiger partial charge in [0.05, 0.1) is 7.11 Å². The van der Waals surface area contributed by atoms with Crippen LogP contribution in [0.15, 0.2) is 81.5 Å². The predicted molar refractivity (Wildman–Crippen MR) is 113 cm³/mol. The standard InChI is InChI=1S/C22H19BrN2O4/c1-28-17-9-7-15(8-10-17)13-18(25-22(27)19-11-12-20(23)29-19)21(26)24-14-16-5-3-2-4-6-16/h2-13H,14H2,1H3,(H,24,26)(H,25,27)/b18-13+. The third-order valence-corrected chi connectivity index (χ3v) is 4.44. The third kappa shape index (κ3) is 5.83. The molecule has 2 N–H and O–H groups in total. The predicted octanol–water partition coefficient (Wildman–Crippen LogP) is 4.14. The molecular weight excluding hydrogens is 436 g/mol. The first-order valence-corrected chi connectivity index (χ1v) is 9.59. The van der Waals surface area contributed by atoms with Crippen LogP contribution in [0.4, 0.5) is 0 Å². The summed E-state index contributed by atoms with van der Waals surface area (Å²) in [5.41, 5.74) is 1.78. The molecule has 0 spiro atoms. The highest BCUT2D eigenvalue weighted by molar-refractivity contribution is 9.10. The zero-order chi connectivity index (χ0) is 20.6. The van der Waals surface area contributed by atoms with Gasteiger partial charge in [0, 0.05) is 6.54 Å². The molecule has 148 valence electrons. The molecule has 2 amide bonds. The zero-order valence-electron chi connectivity index (χ0n) is 15.6. The molecule has 0 aliphatic carbocycles. The molecule has 7 heteroatoms. The minimum absolute atomic E-state index is 0.0911. The van der Waals surface area contributed by atoms with E-state index in [0.29, 0.717) is 17.0 Å². The van der Waals surface area contributed by atoms with E-state index in [4.69, 9.17) is 9.15 Å². The lowest BCUT2D eigenvalue weighted by molar-refractivity contribution is -0.117. The molecule has 1 heterocycles. The molecule has 0 fully saturated rings. The van der Waals surface area contributed by atoms with Gasteiger partial charge in [0.1, 0.15) is 11.4 Å². The van der Waals surface area contributed by atoms with Gasteiger partial charge in [-0.05, 0) is 57.4 Å². The van der Waals surface area contributed by atoms with Crippen molar-refractivity contribution in [3.8, 4) is 5.75 Å². The molecule has 1 aromatic heterocycles. The maximum atomic E-state index is 12.8. The number of benzene rings is 2. The van der Waals surface area contributed by atoms with E-state index in [0.717, 1.165) is 11.1 Å². The van der Waals surface area contributed by atoms with Crippen LogP contribution in [-0.4, -0.2) is 18.9 Å². The molecule has 0 aliphatic heterocycles. The fourth-order valence-corrected chi connectivity index (χ4v) is 2.83. The van der Waals surface area contributed by atoms with Gasteiger partial charge in [0.25, 0.3) is 11.8 Å². The van der Waals surface area contributed by atoms with Crippen molar-refractivity contribution in [2.45, 2.75) is 6.54 Å². The maximum Gasteiger partial charge on any atom is 0.291 e. The van der Waals surface area contributed by atoms with Crippen molar-refractivity contribution in [3.05, 3.63) is 94.0 Å². The van der Waals surface area contributed by atoms with Crippen molar-refractivity contribution in [3.63, 3.8) is 0 Å². The van der Waals surface area contributed by atoms with Gasteiger partial charge in [-0.25, -0.2) is 0 Å². The topological polar surface area (TPSA) is 80.6 Å². The van der Waals surface area contributed by atoms with E-state index >= 15 is 0 Å². The summed E-state index contributed by atoms with van der Waals surface area (Å²) in [6.07, 6.45) is 1.59. The summed E-state index contributed by atoms with van der Waals surface area (Å²) in [5.74, 6) is -0.149.